The molecule has 0 aliphatic rings. The van der Waals surface area contributed by atoms with Crippen LogP contribution in [0.2, 0.25) is 0 Å². The van der Waals surface area contributed by atoms with E-state index >= 15 is 0 Å². The van der Waals surface area contributed by atoms with Gasteiger partial charge in [-0.1, -0.05) is 0 Å². The Hall–Kier alpha value is -2.17. The minimum atomic E-state index is -0.435. The SMILES string of the molecule is COC(=O)NCCc1c(C)[nH]c2ccc(O)cc12. The molecule has 5 nitrogen and oxygen atoms in total. The number of H-pyrrole nitrogens is 1. The van der Waals surface area contributed by atoms with Gasteiger partial charge in [-0.3, -0.25) is 0 Å². The van der Waals surface area contributed by atoms with Crippen LogP contribution in [0.15, 0.2) is 18.2 Å². The van der Waals surface area contributed by atoms with E-state index in [1.807, 2.05) is 13.0 Å². The number of benzene rings is 1. The minimum Gasteiger partial charge on any atom is -0.508 e. The predicted octanol–water partition coefficient (Wildman–Crippen LogP) is 2.08. The number of rotatable bonds is 3. The second-order valence-electron chi connectivity index (χ2n) is 4.13. The lowest BCUT2D eigenvalue weighted by Crippen LogP contribution is -2.25. The second kappa shape index (κ2) is 5.00. The number of carbonyl (C=O) groups excluding carboxylic acids is 1. The van der Waals surface area contributed by atoms with Crippen LogP contribution < -0.4 is 5.32 Å². The number of amides is 1. The summed E-state index contributed by atoms with van der Waals surface area (Å²) >= 11 is 0. The van der Waals surface area contributed by atoms with Crippen LogP contribution in [0.1, 0.15) is 11.3 Å². The molecule has 96 valence electrons. The van der Waals surface area contributed by atoms with Crippen LogP contribution in [0, 0.1) is 6.92 Å². The summed E-state index contributed by atoms with van der Waals surface area (Å²) in [5, 5.41) is 13.1. The molecule has 0 atom stereocenters. The zero-order valence-electron chi connectivity index (χ0n) is 10.4. The topological polar surface area (TPSA) is 74.3 Å². The highest BCUT2D eigenvalue weighted by atomic mass is 16.5. The molecule has 3 N–H and O–H groups in total. The van der Waals surface area contributed by atoms with Gasteiger partial charge in [-0.05, 0) is 37.1 Å². The number of carbonyl (C=O) groups is 1. The number of fused-ring (bicyclic) bond motifs is 1. The molecule has 0 radical (unpaired) electrons. The number of methoxy groups -OCH3 is 1. The van der Waals surface area contributed by atoms with Crippen molar-refractivity contribution in [1.29, 1.82) is 0 Å². The van der Waals surface area contributed by atoms with Crippen molar-refractivity contribution in [1.82, 2.24) is 10.3 Å². The van der Waals surface area contributed by atoms with Gasteiger partial charge in [0.25, 0.3) is 0 Å². The number of aromatic nitrogens is 1. The summed E-state index contributed by atoms with van der Waals surface area (Å²) in [6.07, 6.45) is 0.250. The monoisotopic (exact) mass is 248 g/mol. The Balaban J connectivity index is 2.19. The fraction of sp³-hybridized carbons (Fsp3) is 0.308. The standard InChI is InChI=1S/C13H16N2O3/c1-8-10(5-6-14-13(17)18-2)11-7-9(16)3-4-12(11)15-8/h3-4,7,15-16H,5-6H2,1-2H3,(H,14,17). The summed E-state index contributed by atoms with van der Waals surface area (Å²) in [4.78, 5) is 14.2. The highest BCUT2D eigenvalue weighted by Crippen LogP contribution is 2.25. The zero-order valence-corrected chi connectivity index (χ0v) is 10.4. The van der Waals surface area contributed by atoms with Crippen LogP contribution >= 0.6 is 0 Å². The Morgan fingerprint density at radius 3 is 3.00 bits per heavy atom. The van der Waals surface area contributed by atoms with Crippen molar-refractivity contribution in [3.8, 4) is 5.75 Å². The molecule has 0 spiro atoms. The van der Waals surface area contributed by atoms with Crippen LogP contribution in [0.5, 0.6) is 5.75 Å². The molecule has 1 amide bonds. The molecule has 18 heavy (non-hydrogen) atoms. The fourth-order valence-corrected chi connectivity index (χ4v) is 2.05. The first-order chi connectivity index (χ1) is 8.61. The van der Waals surface area contributed by atoms with Gasteiger partial charge in [0, 0.05) is 23.1 Å². The average molecular weight is 248 g/mol. The lowest BCUT2D eigenvalue weighted by atomic mass is 10.1. The van der Waals surface area contributed by atoms with E-state index in [0.717, 1.165) is 22.2 Å². The Kier molecular flexibility index (Phi) is 3.41. The van der Waals surface area contributed by atoms with Crippen molar-refractivity contribution in [2.75, 3.05) is 13.7 Å². The van der Waals surface area contributed by atoms with E-state index in [4.69, 9.17) is 0 Å². The first-order valence-electron chi connectivity index (χ1n) is 5.74. The molecule has 0 fully saturated rings. The van der Waals surface area contributed by atoms with Gasteiger partial charge in [0.1, 0.15) is 5.75 Å². The molecule has 0 aliphatic carbocycles. The predicted molar refractivity (Wildman–Crippen MR) is 68.8 cm³/mol. The zero-order chi connectivity index (χ0) is 13.1. The molecule has 0 unspecified atom stereocenters. The van der Waals surface area contributed by atoms with E-state index in [1.165, 1.54) is 7.11 Å². The van der Waals surface area contributed by atoms with Gasteiger partial charge in [-0.2, -0.15) is 0 Å². The van der Waals surface area contributed by atoms with Crippen molar-refractivity contribution >= 4 is 17.0 Å². The summed E-state index contributed by atoms with van der Waals surface area (Å²) in [5.41, 5.74) is 3.12. The number of aryl methyl sites for hydroxylation is 1. The number of phenols is 1. The third-order valence-electron chi connectivity index (χ3n) is 2.93. The lowest BCUT2D eigenvalue weighted by Gasteiger charge is -2.04. The number of alkyl carbamates (subject to hydrolysis) is 1. The first-order valence-corrected chi connectivity index (χ1v) is 5.74. The normalized spacial score (nSPS) is 10.6. The molecule has 1 aromatic heterocycles. The highest BCUT2D eigenvalue weighted by Gasteiger charge is 2.09. The van der Waals surface area contributed by atoms with Crippen molar-refractivity contribution in [2.24, 2.45) is 0 Å². The van der Waals surface area contributed by atoms with E-state index in [1.54, 1.807) is 12.1 Å². The third-order valence-corrected chi connectivity index (χ3v) is 2.93. The summed E-state index contributed by atoms with van der Waals surface area (Å²) in [5.74, 6) is 0.240. The van der Waals surface area contributed by atoms with Crippen LogP contribution in [0.25, 0.3) is 10.9 Å². The van der Waals surface area contributed by atoms with Crippen LogP contribution in [0.3, 0.4) is 0 Å². The lowest BCUT2D eigenvalue weighted by molar-refractivity contribution is 0.171. The Morgan fingerprint density at radius 2 is 2.28 bits per heavy atom. The minimum absolute atomic E-state index is 0.240. The van der Waals surface area contributed by atoms with Gasteiger partial charge in [0.15, 0.2) is 0 Å². The third kappa shape index (κ3) is 2.40. The molecular weight excluding hydrogens is 232 g/mol. The van der Waals surface area contributed by atoms with Crippen LogP contribution in [-0.4, -0.2) is 29.8 Å². The molecule has 0 bridgehead atoms. The fourth-order valence-electron chi connectivity index (χ4n) is 2.05. The maximum atomic E-state index is 11.0. The molecule has 2 aromatic rings. The number of hydrogen-bond donors (Lipinski definition) is 3. The maximum absolute atomic E-state index is 11.0. The largest absolute Gasteiger partial charge is 0.508 e. The quantitative estimate of drug-likeness (QED) is 0.778. The van der Waals surface area contributed by atoms with E-state index in [-0.39, 0.29) is 5.75 Å². The van der Waals surface area contributed by atoms with Gasteiger partial charge >= 0.3 is 6.09 Å². The molecule has 1 heterocycles. The number of aromatic hydroxyl groups is 1. The highest BCUT2D eigenvalue weighted by molar-refractivity contribution is 5.86. The van der Waals surface area contributed by atoms with Crippen molar-refractivity contribution in [3.05, 3.63) is 29.5 Å². The van der Waals surface area contributed by atoms with Gasteiger partial charge in [-0.25, -0.2) is 4.79 Å². The first kappa shape index (κ1) is 12.3. The smallest absolute Gasteiger partial charge is 0.406 e. The van der Waals surface area contributed by atoms with E-state index in [2.05, 4.69) is 15.0 Å². The summed E-state index contributed by atoms with van der Waals surface area (Å²) < 4.78 is 4.51. The molecule has 0 saturated carbocycles. The van der Waals surface area contributed by atoms with E-state index in [9.17, 15) is 9.90 Å². The summed E-state index contributed by atoms with van der Waals surface area (Å²) in [6.45, 7) is 2.47. The molecule has 5 heteroatoms. The van der Waals surface area contributed by atoms with Crippen LogP contribution in [-0.2, 0) is 11.2 Å². The number of aromatic amines is 1. The van der Waals surface area contributed by atoms with E-state index in [0.29, 0.717) is 13.0 Å². The number of hydrogen-bond acceptors (Lipinski definition) is 3. The molecular formula is C13H16N2O3. The van der Waals surface area contributed by atoms with Gasteiger partial charge in [-0.15, -0.1) is 0 Å². The maximum Gasteiger partial charge on any atom is 0.406 e. The molecule has 2 rings (SSSR count). The van der Waals surface area contributed by atoms with Crippen molar-refractivity contribution in [3.63, 3.8) is 0 Å². The molecule has 1 aromatic carbocycles. The van der Waals surface area contributed by atoms with Gasteiger partial charge < -0.3 is 20.1 Å². The Morgan fingerprint density at radius 1 is 1.50 bits per heavy atom. The summed E-state index contributed by atoms with van der Waals surface area (Å²) in [6, 6.07) is 5.22. The second-order valence-corrected chi connectivity index (χ2v) is 4.13. The van der Waals surface area contributed by atoms with Crippen molar-refractivity contribution < 1.29 is 14.6 Å². The average Bonchev–Trinajstić information content (AvgIpc) is 2.65. The Bertz CT molecular complexity index is 575. The molecule has 0 saturated heterocycles. The van der Waals surface area contributed by atoms with Gasteiger partial charge in [0.2, 0.25) is 0 Å². The number of ether oxygens (including phenoxy) is 1. The Labute approximate surface area is 105 Å². The van der Waals surface area contributed by atoms with Crippen molar-refractivity contribution in [2.45, 2.75) is 13.3 Å². The molecule has 0 aliphatic heterocycles. The number of nitrogens with one attached hydrogen (secondary N) is 2. The van der Waals surface area contributed by atoms with Crippen LogP contribution in [0.4, 0.5) is 4.79 Å². The summed E-state index contributed by atoms with van der Waals surface area (Å²) in [7, 11) is 1.34. The number of phenolic OH excluding ortho intramolecular Hbond substituents is 1. The van der Waals surface area contributed by atoms with Gasteiger partial charge in [0.05, 0.1) is 7.11 Å². The van der Waals surface area contributed by atoms with E-state index < -0.39 is 6.09 Å².